The SMILES string of the molecule is CC(=O)NCCCS(=O)(=O)OC(OC(=O)C(C)(C)C)C(C)(C)[C@](O)(Cc1ccccc1)C(=O)O. The lowest BCUT2D eigenvalue weighted by Gasteiger charge is -2.43. The molecule has 0 radical (unpaired) electrons. The number of hydrogen-bond acceptors (Lipinski definition) is 8. The van der Waals surface area contributed by atoms with Gasteiger partial charge >= 0.3 is 11.9 Å². The largest absolute Gasteiger partial charge is 0.479 e. The van der Waals surface area contributed by atoms with E-state index in [1.165, 1.54) is 41.5 Å². The van der Waals surface area contributed by atoms with E-state index in [0.717, 1.165) is 0 Å². The Labute approximate surface area is 200 Å². The van der Waals surface area contributed by atoms with Crippen LogP contribution in [0.4, 0.5) is 0 Å². The van der Waals surface area contributed by atoms with E-state index in [-0.39, 0.29) is 18.9 Å². The lowest BCUT2D eigenvalue weighted by molar-refractivity contribution is -0.227. The van der Waals surface area contributed by atoms with Crippen molar-refractivity contribution in [1.29, 1.82) is 0 Å². The van der Waals surface area contributed by atoms with E-state index in [9.17, 15) is 33.0 Å². The number of ether oxygens (including phenoxy) is 1. The number of amides is 1. The molecule has 0 heterocycles. The van der Waals surface area contributed by atoms with Crippen LogP contribution in [0.2, 0.25) is 0 Å². The minimum absolute atomic E-state index is 0.00942. The van der Waals surface area contributed by atoms with Crippen LogP contribution in [-0.2, 0) is 39.8 Å². The molecule has 0 saturated heterocycles. The highest BCUT2D eigenvalue weighted by molar-refractivity contribution is 7.86. The number of rotatable bonds is 12. The van der Waals surface area contributed by atoms with Gasteiger partial charge in [0.2, 0.25) is 12.2 Å². The molecule has 0 aliphatic heterocycles. The van der Waals surface area contributed by atoms with Gasteiger partial charge in [0.05, 0.1) is 16.6 Å². The number of carboxylic acids is 1. The lowest BCUT2D eigenvalue weighted by Crippen LogP contribution is -2.60. The molecule has 1 aromatic rings. The summed E-state index contributed by atoms with van der Waals surface area (Å²) in [5, 5.41) is 23.7. The molecule has 0 aliphatic carbocycles. The predicted octanol–water partition coefficient (Wildman–Crippen LogP) is 1.86. The van der Waals surface area contributed by atoms with Gasteiger partial charge < -0.3 is 20.3 Å². The quantitative estimate of drug-likeness (QED) is 0.168. The third kappa shape index (κ3) is 8.07. The maximum absolute atomic E-state index is 12.7. The van der Waals surface area contributed by atoms with E-state index in [1.807, 2.05) is 0 Å². The normalized spacial score (nSPS) is 15.1. The lowest BCUT2D eigenvalue weighted by atomic mass is 9.70. The number of benzene rings is 1. The number of carboxylic acid groups (broad SMARTS) is 1. The second-order valence-electron chi connectivity index (χ2n) is 9.73. The summed E-state index contributed by atoms with van der Waals surface area (Å²) < 4.78 is 35.9. The average molecular weight is 502 g/mol. The molecule has 11 heteroatoms. The summed E-state index contributed by atoms with van der Waals surface area (Å²) in [6, 6.07) is 8.27. The van der Waals surface area contributed by atoms with Gasteiger partial charge in [-0.05, 0) is 32.8 Å². The smallest absolute Gasteiger partial charge is 0.336 e. The van der Waals surface area contributed by atoms with Gasteiger partial charge in [0, 0.05) is 19.9 Å². The molecule has 1 rings (SSSR count). The van der Waals surface area contributed by atoms with Crippen LogP contribution < -0.4 is 5.32 Å². The molecule has 10 nitrogen and oxygen atoms in total. The van der Waals surface area contributed by atoms with Crippen molar-refractivity contribution in [3.05, 3.63) is 35.9 Å². The van der Waals surface area contributed by atoms with Gasteiger partial charge in [0.1, 0.15) is 0 Å². The molecule has 0 bridgehead atoms. The summed E-state index contributed by atoms with van der Waals surface area (Å²) in [5.74, 6) is -3.34. The summed E-state index contributed by atoms with van der Waals surface area (Å²) in [7, 11) is -4.34. The molecule has 1 amide bonds. The molecular weight excluding hydrogens is 466 g/mol. The number of esters is 1. The number of carbonyl (C=O) groups excluding carboxylic acids is 2. The zero-order valence-electron chi connectivity index (χ0n) is 20.5. The van der Waals surface area contributed by atoms with Crippen LogP contribution in [0.3, 0.4) is 0 Å². The highest BCUT2D eigenvalue weighted by Crippen LogP contribution is 2.41. The number of aliphatic hydroxyl groups is 1. The Morgan fingerprint density at radius 3 is 2.09 bits per heavy atom. The van der Waals surface area contributed by atoms with Crippen molar-refractivity contribution >= 4 is 28.0 Å². The number of nitrogens with one attached hydrogen (secondary N) is 1. The van der Waals surface area contributed by atoms with E-state index < -0.39 is 57.0 Å². The first-order valence-electron chi connectivity index (χ1n) is 10.8. The van der Waals surface area contributed by atoms with Crippen molar-refractivity contribution in [2.45, 2.75) is 66.3 Å². The van der Waals surface area contributed by atoms with Crippen LogP contribution in [0.25, 0.3) is 0 Å². The maximum atomic E-state index is 12.7. The molecule has 0 fully saturated rings. The van der Waals surface area contributed by atoms with Crippen LogP contribution in [0.5, 0.6) is 0 Å². The van der Waals surface area contributed by atoms with Crippen LogP contribution in [0, 0.1) is 10.8 Å². The van der Waals surface area contributed by atoms with Crippen molar-refractivity contribution in [3.8, 4) is 0 Å². The monoisotopic (exact) mass is 501 g/mol. The van der Waals surface area contributed by atoms with E-state index in [0.29, 0.717) is 5.56 Å². The van der Waals surface area contributed by atoms with E-state index in [2.05, 4.69) is 5.32 Å². The second kappa shape index (κ2) is 11.3. The summed E-state index contributed by atoms with van der Waals surface area (Å²) in [4.78, 5) is 35.9. The Bertz CT molecular complexity index is 968. The van der Waals surface area contributed by atoms with Gasteiger partial charge in [0.15, 0.2) is 5.60 Å². The third-order valence-electron chi connectivity index (χ3n) is 5.32. The van der Waals surface area contributed by atoms with Crippen LogP contribution in [-0.4, -0.2) is 60.7 Å². The molecule has 3 N–H and O–H groups in total. The van der Waals surface area contributed by atoms with Gasteiger partial charge in [-0.25, -0.2) is 8.98 Å². The third-order valence-corrected chi connectivity index (χ3v) is 6.57. The standard InChI is InChI=1S/C23H35NO9S/c1-16(25)24-13-10-14-34(30,31)33-20(32-19(28)21(2,3)4)22(5,6)23(29,18(26)27)15-17-11-8-7-9-12-17/h7-9,11-12,20,29H,10,13-15H2,1-6H3,(H,24,25)(H,26,27)/t20?,23-/m0/s1. The van der Waals surface area contributed by atoms with E-state index >= 15 is 0 Å². The fourth-order valence-corrected chi connectivity index (χ4v) is 4.06. The number of carbonyl (C=O) groups is 3. The Hall–Kier alpha value is -2.50. The summed E-state index contributed by atoms with van der Waals surface area (Å²) in [5.41, 5.74) is -5.07. The fraction of sp³-hybridized carbons (Fsp3) is 0.609. The van der Waals surface area contributed by atoms with Gasteiger partial charge in [-0.15, -0.1) is 0 Å². The van der Waals surface area contributed by atoms with Crippen molar-refractivity contribution in [2.75, 3.05) is 12.3 Å². The van der Waals surface area contributed by atoms with Crippen molar-refractivity contribution < 1.29 is 41.9 Å². The zero-order chi connectivity index (χ0) is 26.4. The van der Waals surface area contributed by atoms with E-state index in [1.54, 1.807) is 30.3 Å². The van der Waals surface area contributed by atoms with Crippen LogP contribution in [0.15, 0.2) is 30.3 Å². The predicted molar refractivity (Wildman–Crippen MR) is 124 cm³/mol. The number of hydrogen-bond donors (Lipinski definition) is 3. The molecular formula is C23H35NO9S. The Morgan fingerprint density at radius 1 is 1.06 bits per heavy atom. The second-order valence-corrected chi connectivity index (χ2v) is 11.4. The molecule has 1 unspecified atom stereocenters. The summed E-state index contributed by atoms with van der Waals surface area (Å²) in [6.07, 6.45) is -2.34. The number of aliphatic carboxylic acids is 1. The molecule has 1 aromatic carbocycles. The van der Waals surface area contributed by atoms with Crippen molar-refractivity contribution in [3.63, 3.8) is 0 Å². The summed E-state index contributed by atoms with van der Waals surface area (Å²) >= 11 is 0. The fourth-order valence-electron chi connectivity index (χ4n) is 2.92. The first-order chi connectivity index (χ1) is 15.4. The van der Waals surface area contributed by atoms with E-state index in [4.69, 9.17) is 8.92 Å². The highest BCUT2D eigenvalue weighted by atomic mass is 32.2. The molecule has 0 spiro atoms. The van der Waals surface area contributed by atoms with Crippen molar-refractivity contribution in [1.82, 2.24) is 5.32 Å². The van der Waals surface area contributed by atoms with Gasteiger partial charge in [-0.2, -0.15) is 8.42 Å². The minimum atomic E-state index is -4.34. The summed E-state index contributed by atoms with van der Waals surface area (Å²) in [6.45, 7) is 8.49. The topological polar surface area (TPSA) is 156 Å². The minimum Gasteiger partial charge on any atom is -0.479 e. The van der Waals surface area contributed by atoms with Gasteiger partial charge in [0.25, 0.3) is 10.1 Å². The van der Waals surface area contributed by atoms with Crippen molar-refractivity contribution in [2.24, 2.45) is 10.8 Å². The molecule has 34 heavy (non-hydrogen) atoms. The Balaban J connectivity index is 3.34. The highest BCUT2D eigenvalue weighted by Gasteiger charge is 2.57. The first kappa shape index (κ1) is 29.5. The maximum Gasteiger partial charge on any atom is 0.336 e. The Morgan fingerprint density at radius 2 is 1.62 bits per heavy atom. The molecule has 0 saturated carbocycles. The van der Waals surface area contributed by atoms with Crippen LogP contribution in [0.1, 0.15) is 53.5 Å². The Kier molecular flexibility index (Phi) is 9.80. The van der Waals surface area contributed by atoms with Gasteiger partial charge in [-0.1, -0.05) is 44.2 Å². The molecule has 2 atom stereocenters. The van der Waals surface area contributed by atoms with Gasteiger partial charge in [-0.3, -0.25) is 9.59 Å². The molecule has 192 valence electrons. The van der Waals surface area contributed by atoms with Crippen LogP contribution >= 0.6 is 0 Å². The zero-order valence-corrected chi connectivity index (χ0v) is 21.3. The molecule has 0 aromatic heterocycles. The average Bonchev–Trinajstić information content (AvgIpc) is 2.70. The first-order valence-corrected chi connectivity index (χ1v) is 12.4. The molecule has 0 aliphatic rings.